The minimum absolute atomic E-state index is 0.124. The highest BCUT2D eigenvalue weighted by atomic mass is 32.2. The Balaban J connectivity index is 1.94. The average Bonchev–Trinajstić information content (AvgIpc) is 2.53. The SMILES string of the molecule is CCOS(=O)(=O)/C=C/c1ccc(OCc2ccccc2)cc1. The topological polar surface area (TPSA) is 52.6 Å². The van der Waals surface area contributed by atoms with Crippen LogP contribution in [0.25, 0.3) is 6.08 Å². The first-order valence-corrected chi connectivity index (χ1v) is 8.40. The van der Waals surface area contributed by atoms with E-state index in [0.717, 1.165) is 22.3 Å². The van der Waals surface area contributed by atoms with Crippen LogP contribution in [0.5, 0.6) is 5.75 Å². The molecule has 2 aromatic carbocycles. The van der Waals surface area contributed by atoms with Crippen molar-refractivity contribution in [1.82, 2.24) is 0 Å². The van der Waals surface area contributed by atoms with Crippen LogP contribution in [0, 0.1) is 0 Å². The molecule has 0 aromatic heterocycles. The average molecular weight is 318 g/mol. The predicted molar refractivity (Wildman–Crippen MR) is 86.8 cm³/mol. The summed E-state index contributed by atoms with van der Waals surface area (Å²) in [6, 6.07) is 17.1. The lowest BCUT2D eigenvalue weighted by molar-refractivity contribution is 0.306. The highest BCUT2D eigenvalue weighted by molar-refractivity contribution is 7.89. The van der Waals surface area contributed by atoms with Gasteiger partial charge in [0.15, 0.2) is 0 Å². The molecule has 0 heterocycles. The van der Waals surface area contributed by atoms with Crippen LogP contribution < -0.4 is 4.74 Å². The molecular weight excluding hydrogens is 300 g/mol. The van der Waals surface area contributed by atoms with Crippen molar-refractivity contribution in [3.05, 3.63) is 71.1 Å². The molecule has 2 rings (SSSR count). The van der Waals surface area contributed by atoms with Gasteiger partial charge in [0.25, 0.3) is 10.1 Å². The zero-order chi connectivity index (χ0) is 15.8. The van der Waals surface area contributed by atoms with Crippen LogP contribution in [0.3, 0.4) is 0 Å². The van der Waals surface area contributed by atoms with E-state index in [2.05, 4.69) is 4.18 Å². The minimum Gasteiger partial charge on any atom is -0.489 e. The molecule has 0 atom stereocenters. The van der Waals surface area contributed by atoms with Gasteiger partial charge in [0, 0.05) is 0 Å². The fourth-order valence-corrected chi connectivity index (χ4v) is 2.51. The lowest BCUT2D eigenvalue weighted by atomic mass is 10.2. The molecule has 0 amide bonds. The predicted octanol–water partition coefficient (Wildman–Crippen LogP) is 3.60. The largest absolute Gasteiger partial charge is 0.489 e. The van der Waals surface area contributed by atoms with Crippen LogP contribution in [0.2, 0.25) is 0 Å². The second-order valence-corrected chi connectivity index (χ2v) is 6.04. The summed E-state index contributed by atoms with van der Waals surface area (Å²) in [7, 11) is -3.60. The smallest absolute Gasteiger partial charge is 0.290 e. The zero-order valence-electron chi connectivity index (χ0n) is 12.3. The molecule has 0 fully saturated rings. The summed E-state index contributed by atoms with van der Waals surface area (Å²) >= 11 is 0. The molecule has 22 heavy (non-hydrogen) atoms. The fourth-order valence-electron chi connectivity index (χ4n) is 1.78. The summed E-state index contributed by atoms with van der Waals surface area (Å²) in [5.74, 6) is 0.730. The standard InChI is InChI=1S/C17H18O4S/c1-2-21-22(18,19)13-12-15-8-10-17(11-9-15)20-14-16-6-4-3-5-7-16/h3-13H,2,14H2,1H3/b13-12+. The molecule has 0 spiro atoms. The second-order valence-electron chi connectivity index (χ2n) is 4.55. The summed E-state index contributed by atoms with van der Waals surface area (Å²) in [5, 5.41) is 1.05. The number of hydrogen-bond donors (Lipinski definition) is 0. The lowest BCUT2D eigenvalue weighted by Crippen LogP contribution is -2.00. The van der Waals surface area contributed by atoms with Crippen molar-refractivity contribution in [2.45, 2.75) is 13.5 Å². The maximum atomic E-state index is 11.4. The van der Waals surface area contributed by atoms with E-state index in [1.54, 1.807) is 31.2 Å². The summed E-state index contributed by atoms with van der Waals surface area (Å²) < 4.78 is 33.1. The number of rotatable bonds is 7. The van der Waals surface area contributed by atoms with Crippen LogP contribution in [0.15, 0.2) is 60.0 Å². The molecule has 2 aromatic rings. The third kappa shape index (κ3) is 5.35. The molecule has 0 N–H and O–H groups in total. The third-order valence-electron chi connectivity index (χ3n) is 2.84. The van der Waals surface area contributed by atoms with E-state index in [4.69, 9.17) is 4.74 Å². The molecule has 5 heteroatoms. The first-order chi connectivity index (χ1) is 10.6. The summed E-state index contributed by atoms with van der Waals surface area (Å²) in [6.07, 6.45) is 1.49. The van der Waals surface area contributed by atoms with Gasteiger partial charge in [-0.25, -0.2) is 0 Å². The Morgan fingerprint density at radius 2 is 1.68 bits per heavy atom. The van der Waals surface area contributed by atoms with Gasteiger partial charge in [0.2, 0.25) is 0 Å². The Labute approximate surface area is 131 Å². The Morgan fingerprint density at radius 3 is 2.32 bits per heavy atom. The first-order valence-electron chi connectivity index (χ1n) is 6.93. The lowest BCUT2D eigenvalue weighted by Gasteiger charge is -2.06. The van der Waals surface area contributed by atoms with Crippen LogP contribution >= 0.6 is 0 Å². The van der Waals surface area contributed by atoms with Crippen LogP contribution in [-0.2, 0) is 20.9 Å². The third-order valence-corrected chi connectivity index (χ3v) is 3.87. The molecule has 0 unspecified atom stereocenters. The molecule has 0 saturated heterocycles. The van der Waals surface area contributed by atoms with Crippen molar-refractivity contribution in [1.29, 1.82) is 0 Å². The summed E-state index contributed by atoms with van der Waals surface area (Å²) in [5.41, 5.74) is 1.85. The van der Waals surface area contributed by atoms with Gasteiger partial charge in [0.05, 0.1) is 12.0 Å². The zero-order valence-corrected chi connectivity index (χ0v) is 13.1. The maximum Gasteiger partial charge on any atom is 0.290 e. The molecule has 4 nitrogen and oxygen atoms in total. The summed E-state index contributed by atoms with van der Waals surface area (Å²) in [4.78, 5) is 0. The fraction of sp³-hybridized carbons (Fsp3) is 0.176. The van der Waals surface area contributed by atoms with Gasteiger partial charge in [-0.2, -0.15) is 8.42 Å². The van der Waals surface area contributed by atoms with Gasteiger partial charge in [-0.05, 0) is 36.3 Å². The second kappa shape index (κ2) is 7.77. The molecule has 0 radical (unpaired) electrons. The highest BCUT2D eigenvalue weighted by Crippen LogP contribution is 2.15. The monoisotopic (exact) mass is 318 g/mol. The minimum atomic E-state index is -3.60. The van der Waals surface area contributed by atoms with Gasteiger partial charge in [-0.1, -0.05) is 42.5 Å². The Morgan fingerprint density at radius 1 is 1.00 bits per heavy atom. The van der Waals surface area contributed by atoms with E-state index in [9.17, 15) is 8.42 Å². The number of benzene rings is 2. The van der Waals surface area contributed by atoms with Crippen LogP contribution in [0.4, 0.5) is 0 Å². The maximum absolute atomic E-state index is 11.4. The van der Waals surface area contributed by atoms with Crippen molar-refractivity contribution < 1.29 is 17.3 Å². The molecule has 0 aliphatic heterocycles. The Hall–Kier alpha value is -2.11. The van der Waals surface area contributed by atoms with Crippen molar-refractivity contribution >= 4 is 16.2 Å². The van der Waals surface area contributed by atoms with Crippen molar-refractivity contribution in [2.75, 3.05) is 6.61 Å². The van der Waals surface area contributed by atoms with Crippen molar-refractivity contribution in [3.63, 3.8) is 0 Å². The van der Waals surface area contributed by atoms with Crippen molar-refractivity contribution in [3.8, 4) is 5.75 Å². The molecular formula is C17H18O4S. The van der Waals surface area contributed by atoms with Gasteiger partial charge < -0.3 is 4.74 Å². The van der Waals surface area contributed by atoms with E-state index in [0.29, 0.717) is 6.61 Å². The van der Waals surface area contributed by atoms with Crippen molar-refractivity contribution in [2.24, 2.45) is 0 Å². The van der Waals surface area contributed by atoms with E-state index in [1.165, 1.54) is 6.08 Å². The quantitative estimate of drug-likeness (QED) is 0.732. The van der Waals surface area contributed by atoms with E-state index >= 15 is 0 Å². The molecule has 0 bridgehead atoms. The van der Waals surface area contributed by atoms with Crippen LogP contribution in [-0.4, -0.2) is 15.0 Å². The molecule has 0 saturated carbocycles. The Bertz CT molecular complexity index is 704. The molecule has 0 aliphatic rings. The highest BCUT2D eigenvalue weighted by Gasteiger charge is 2.03. The first kappa shape index (κ1) is 16.3. The summed E-state index contributed by atoms with van der Waals surface area (Å²) in [6.45, 7) is 2.25. The molecule has 116 valence electrons. The van der Waals surface area contributed by atoms with E-state index in [-0.39, 0.29) is 6.61 Å². The molecule has 0 aliphatic carbocycles. The number of ether oxygens (including phenoxy) is 1. The van der Waals surface area contributed by atoms with Gasteiger partial charge in [-0.15, -0.1) is 0 Å². The number of hydrogen-bond acceptors (Lipinski definition) is 4. The van der Waals surface area contributed by atoms with Gasteiger partial charge in [0.1, 0.15) is 12.4 Å². The van der Waals surface area contributed by atoms with E-state index in [1.807, 2.05) is 30.3 Å². The van der Waals surface area contributed by atoms with Gasteiger partial charge >= 0.3 is 0 Å². The van der Waals surface area contributed by atoms with Gasteiger partial charge in [-0.3, -0.25) is 4.18 Å². The normalized spacial score (nSPS) is 11.7. The van der Waals surface area contributed by atoms with Crippen LogP contribution in [0.1, 0.15) is 18.1 Å². The Kier molecular flexibility index (Phi) is 5.75. The van der Waals surface area contributed by atoms with E-state index < -0.39 is 10.1 Å².